The Bertz CT molecular complexity index is 826. The van der Waals surface area contributed by atoms with E-state index in [9.17, 15) is 14.7 Å². The molecule has 6 nitrogen and oxygen atoms in total. The molecule has 0 fully saturated rings. The summed E-state index contributed by atoms with van der Waals surface area (Å²) in [4.78, 5) is 29.0. The van der Waals surface area contributed by atoms with Crippen molar-refractivity contribution in [3.63, 3.8) is 0 Å². The molecule has 0 bridgehead atoms. The van der Waals surface area contributed by atoms with Crippen LogP contribution in [0.4, 0.5) is 0 Å². The predicted octanol–water partition coefficient (Wildman–Crippen LogP) is 1.22. The van der Waals surface area contributed by atoms with Crippen molar-refractivity contribution >= 4 is 11.5 Å². The molecule has 0 spiro atoms. The van der Waals surface area contributed by atoms with Gasteiger partial charge in [0.25, 0.3) is 0 Å². The van der Waals surface area contributed by atoms with E-state index in [-0.39, 0.29) is 12.1 Å². The van der Waals surface area contributed by atoms with Crippen LogP contribution in [0.5, 0.6) is 0 Å². The molecule has 2 heterocycles. The lowest BCUT2D eigenvalue weighted by Crippen LogP contribution is -2.38. The lowest BCUT2D eigenvalue weighted by Gasteiger charge is -2.28. The first-order chi connectivity index (χ1) is 11.5. The summed E-state index contributed by atoms with van der Waals surface area (Å²) in [5, 5.41) is 11.5. The summed E-state index contributed by atoms with van der Waals surface area (Å²) in [5.41, 5.74) is 1.94. The van der Waals surface area contributed by atoms with E-state index in [0.717, 1.165) is 11.1 Å². The van der Waals surface area contributed by atoms with Gasteiger partial charge in [0.15, 0.2) is 0 Å². The highest BCUT2D eigenvalue weighted by Gasteiger charge is 2.23. The van der Waals surface area contributed by atoms with E-state index in [1.807, 2.05) is 6.07 Å². The summed E-state index contributed by atoms with van der Waals surface area (Å²) >= 11 is 0. The average molecular weight is 326 g/mol. The maximum atomic E-state index is 12.2. The average Bonchev–Trinajstić information content (AvgIpc) is 2.57. The van der Waals surface area contributed by atoms with Crippen LogP contribution in [0.25, 0.3) is 5.57 Å². The third kappa shape index (κ3) is 3.61. The van der Waals surface area contributed by atoms with Crippen molar-refractivity contribution in [1.29, 1.82) is 0 Å². The van der Waals surface area contributed by atoms with E-state index in [1.165, 1.54) is 15.7 Å². The number of aliphatic hydroxyl groups is 1. The first-order valence-electron chi connectivity index (χ1n) is 7.61. The SMILES string of the molecule is Cn1cc(C2=CC(O)CN(OC(=O)c3ccccc3)C2)ccc1=O. The quantitative estimate of drug-likeness (QED) is 0.918. The number of β-amino-alcohol motifs (C(OH)–C–C–N with tert-alkyl or cyclic N) is 1. The van der Waals surface area contributed by atoms with Crippen LogP contribution in [0.2, 0.25) is 0 Å². The zero-order valence-corrected chi connectivity index (χ0v) is 13.3. The largest absolute Gasteiger partial charge is 0.388 e. The number of aryl methyl sites for hydroxylation is 1. The molecule has 1 aromatic carbocycles. The van der Waals surface area contributed by atoms with Crippen LogP contribution >= 0.6 is 0 Å². The molecule has 0 radical (unpaired) electrons. The zero-order chi connectivity index (χ0) is 17.1. The molecule has 1 N–H and O–H groups in total. The van der Waals surface area contributed by atoms with Crippen LogP contribution in [0.3, 0.4) is 0 Å². The van der Waals surface area contributed by atoms with Crippen LogP contribution in [0.15, 0.2) is 59.5 Å². The Labute approximate surface area is 139 Å². The number of aliphatic hydroxyl groups excluding tert-OH is 1. The summed E-state index contributed by atoms with van der Waals surface area (Å²) in [5.74, 6) is -0.468. The monoisotopic (exact) mass is 326 g/mol. The van der Waals surface area contributed by atoms with Gasteiger partial charge in [-0.2, -0.15) is 0 Å². The minimum atomic E-state index is -0.755. The molecule has 0 aliphatic carbocycles. The van der Waals surface area contributed by atoms with Crippen molar-refractivity contribution in [3.8, 4) is 0 Å². The summed E-state index contributed by atoms with van der Waals surface area (Å²) in [6, 6.07) is 11.9. The number of hydrogen-bond donors (Lipinski definition) is 1. The van der Waals surface area contributed by atoms with E-state index in [1.54, 1.807) is 49.7 Å². The van der Waals surface area contributed by atoms with Gasteiger partial charge in [0.1, 0.15) is 0 Å². The maximum absolute atomic E-state index is 12.2. The Morgan fingerprint density at radius 2 is 1.96 bits per heavy atom. The zero-order valence-electron chi connectivity index (χ0n) is 13.3. The molecule has 124 valence electrons. The number of benzene rings is 1. The molecular formula is C18H18N2O4. The highest BCUT2D eigenvalue weighted by atomic mass is 16.7. The predicted molar refractivity (Wildman–Crippen MR) is 89.1 cm³/mol. The molecular weight excluding hydrogens is 308 g/mol. The standard InChI is InChI=1S/C18H18N2O4/c1-19-10-14(7-8-17(19)22)15-9-16(21)12-20(11-15)24-18(23)13-5-3-2-4-6-13/h2-10,16,21H,11-12H2,1H3. The van der Waals surface area contributed by atoms with Gasteiger partial charge in [0, 0.05) is 19.3 Å². The third-order valence-electron chi connectivity index (χ3n) is 3.81. The van der Waals surface area contributed by atoms with E-state index < -0.39 is 12.1 Å². The third-order valence-corrected chi connectivity index (χ3v) is 3.81. The van der Waals surface area contributed by atoms with Gasteiger partial charge in [0.2, 0.25) is 5.56 Å². The summed E-state index contributed by atoms with van der Waals surface area (Å²) < 4.78 is 1.47. The van der Waals surface area contributed by atoms with Crippen LogP contribution in [0, 0.1) is 0 Å². The van der Waals surface area contributed by atoms with Gasteiger partial charge in [-0.3, -0.25) is 4.79 Å². The molecule has 3 rings (SSSR count). The molecule has 0 amide bonds. The Kier molecular flexibility index (Phi) is 4.59. The van der Waals surface area contributed by atoms with Gasteiger partial charge in [-0.25, -0.2) is 4.79 Å². The number of carbonyl (C=O) groups is 1. The second-order valence-electron chi connectivity index (χ2n) is 5.69. The number of carbonyl (C=O) groups excluding carboxylic acids is 1. The van der Waals surface area contributed by atoms with Crippen LogP contribution < -0.4 is 5.56 Å². The van der Waals surface area contributed by atoms with Crippen LogP contribution in [0.1, 0.15) is 15.9 Å². The Hall–Kier alpha value is -2.70. The number of rotatable bonds is 3. The molecule has 1 unspecified atom stereocenters. The second-order valence-corrected chi connectivity index (χ2v) is 5.69. The fourth-order valence-electron chi connectivity index (χ4n) is 2.59. The molecule has 1 aromatic heterocycles. The molecule has 0 saturated heterocycles. The number of hydrogen-bond acceptors (Lipinski definition) is 5. The smallest absolute Gasteiger partial charge is 0.357 e. The number of aromatic nitrogens is 1. The van der Waals surface area contributed by atoms with Crippen molar-refractivity contribution < 1.29 is 14.7 Å². The minimum absolute atomic E-state index is 0.108. The lowest BCUT2D eigenvalue weighted by atomic mass is 10.0. The molecule has 1 atom stereocenters. The van der Waals surface area contributed by atoms with Crippen LogP contribution in [-0.2, 0) is 11.9 Å². The first-order valence-corrected chi connectivity index (χ1v) is 7.61. The van der Waals surface area contributed by atoms with E-state index in [4.69, 9.17) is 4.84 Å². The Morgan fingerprint density at radius 1 is 1.21 bits per heavy atom. The van der Waals surface area contributed by atoms with Gasteiger partial charge < -0.3 is 14.5 Å². The normalized spacial score (nSPS) is 18.1. The van der Waals surface area contributed by atoms with Crippen molar-refractivity contribution in [3.05, 3.63) is 76.2 Å². The van der Waals surface area contributed by atoms with Crippen molar-refractivity contribution in [1.82, 2.24) is 9.63 Å². The van der Waals surface area contributed by atoms with Crippen molar-refractivity contribution in [2.24, 2.45) is 7.05 Å². The molecule has 1 aliphatic heterocycles. The lowest BCUT2D eigenvalue weighted by molar-refractivity contribution is -0.116. The molecule has 2 aromatic rings. The van der Waals surface area contributed by atoms with E-state index >= 15 is 0 Å². The molecule has 6 heteroatoms. The number of hydroxylamine groups is 2. The fourth-order valence-corrected chi connectivity index (χ4v) is 2.59. The minimum Gasteiger partial charge on any atom is -0.388 e. The van der Waals surface area contributed by atoms with E-state index in [2.05, 4.69) is 0 Å². The van der Waals surface area contributed by atoms with Gasteiger partial charge in [-0.1, -0.05) is 18.2 Å². The topological polar surface area (TPSA) is 71.8 Å². The van der Waals surface area contributed by atoms with E-state index in [0.29, 0.717) is 12.1 Å². The van der Waals surface area contributed by atoms with Gasteiger partial charge >= 0.3 is 5.97 Å². The summed E-state index contributed by atoms with van der Waals surface area (Å²) in [6.45, 7) is 0.543. The molecule has 0 saturated carbocycles. The number of pyridine rings is 1. The summed E-state index contributed by atoms with van der Waals surface area (Å²) in [6.07, 6.45) is 2.66. The highest BCUT2D eigenvalue weighted by Crippen LogP contribution is 2.21. The molecule has 24 heavy (non-hydrogen) atoms. The van der Waals surface area contributed by atoms with Crippen LogP contribution in [-0.4, -0.2) is 39.9 Å². The fraction of sp³-hybridized carbons (Fsp3) is 0.222. The number of nitrogens with zero attached hydrogens (tertiary/aromatic N) is 2. The Balaban J connectivity index is 1.76. The maximum Gasteiger partial charge on any atom is 0.357 e. The van der Waals surface area contributed by atoms with Gasteiger partial charge in [-0.15, -0.1) is 5.06 Å². The van der Waals surface area contributed by atoms with Gasteiger partial charge in [0.05, 0.1) is 24.8 Å². The van der Waals surface area contributed by atoms with Crippen molar-refractivity contribution in [2.75, 3.05) is 13.1 Å². The van der Waals surface area contributed by atoms with Crippen molar-refractivity contribution in [2.45, 2.75) is 6.10 Å². The van der Waals surface area contributed by atoms with Gasteiger partial charge in [-0.05, 0) is 35.4 Å². The highest BCUT2D eigenvalue weighted by molar-refractivity contribution is 5.89. The summed E-state index contributed by atoms with van der Waals surface area (Å²) in [7, 11) is 1.67. The second kappa shape index (κ2) is 6.82. The Morgan fingerprint density at radius 3 is 2.67 bits per heavy atom. The molecule has 1 aliphatic rings. The first kappa shape index (κ1) is 16.2.